The van der Waals surface area contributed by atoms with Crippen LogP contribution in [0.3, 0.4) is 0 Å². The molecule has 1 aromatic rings. The molecule has 6 heteroatoms. The van der Waals surface area contributed by atoms with Gasteiger partial charge in [-0.1, -0.05) is 13.0 Å². The highest BCUT2D eigenvalue weighted by atomic mass is 28.4. The van der Waals surface area contributed by atoms with Crippen molar-refractivity contribution in [3.05, 3.63) is 29.3 Å². The van der Waals surface area contributed by atoms with Gasteiger partial charge in [0.2, 0.25) is 8.32 Å². The van der Waals surface area contributed by atoms with Gasteiger partial charge < -0.3 is 13.3 Å². The van der Waals surface area contributed by atoms with Crippen molar-refractivity contribution in [3.8, 4) is 5.75 Å². The van der Waals surface area contributed by atoms with Crippen LogP contribution in [0, 0.1) is 17.3 Å². The van der Waals surface area contributed by atoms with Gasteiger partial charge in [-0.3, -0.25) is 0 Å². The third-order valence-electron chi connectivity index (χ3n) is 8.06. The molecule has 3 nitrogen and oxygen atoms in total. The van der Waals surface area contributed by atoms with E-state index in [0.717, 1.165) is 18.1 Å². The molecule has 0 spiro atoms. The van der Waals surface area contributed by atoms with Gasteiger partial charge in [0.15, 0.2) is 16.6 Å². The van der Waals surface area contributed by atoms with Crippen LogP contribution in [-0.4, -0.2) is 31.1 Å². The summed E-state index contributed by atoms with van der Waals surface area (Å²) in [6, 6.07) is 6.98. The molecule has 4 rings (SSSR count). The minimum Gasteiger partial charge on any atom is -0.544 e. The van der Waals surface area contributed by atoms with E-state index < -0.39 is 25.0 Å². The Morgan fingerprint density at radius 3 is 2.06 bits per heavy atom. The molecule has 0 amide bonds. The normalized spacial score (nSPS) is 34.4. The van der Waals surface area contributed by atoms with Crippen LogP contribution in [0.2, 0.25) is 58.9 Å². The molecule has 3 aliphatic rings. The van der Waals surface area contributed by atoms with Crippen LogP contribution in [-0.2, 0) is 8.85 Å². The smallest absolute Gasteiger partial charge is 0.242 e. The SMILES string of the molecule is C[C@]12CC[C@@H]3c4ccc(O[Si](C)(C)C)cc4C(O[Si](C)(C)C)C[C@H]3[C@@H]1CCC2O[Si](C)(C)C. The Bertz CT molecular complexity index is 867. The molecule has 0 saturated heterocycles. The lowest BCUT2D eigenvalue weighted by molar-refractivity contribution is -0.0283. The second kappa shape index (κ2) is 8.61. The number of benzene rings is 1. The van der Waals surface area contributed by atoms with Crippen molar-refractivity contribution >= 4 is 25.0 Å². The maximum Gasteiger partial charge on any atom is 0.242 e. The van der Waals surface area contributed by atoms with Crippen LogP contribution >= 0.6 is 0 Å². The van der Waals surface area contributed by atoms with E-state index in [1.54, 1.807) is 5.56 Å². The van der Waals surface area contributed by atoms with Gasteiger partial charge in [0.05, 0.1) is 12.2 Å². The van der Waals surface area contributed by atoms with Crippen LogP contribution in [0.4, 0.5) is 0 Å². The molecule has 2 fully saturated rings. The van der Waals surface area contributed by atoms with Crippen molar-refractivity contribution in [3.63, 3.8) is 0 Å². The Kier molecular flexibility index (Phi) is 6.70. The lowest BCUT2D eigenvalue weighted by Crippen LogP contribution is -2.48. The fraction of sp³-hybridized carbons (Fsp3) is 0.778. The van der Waals surface area contributed by atoms with Crippen LogP contribution < -0.4 is 4.43 Å². The molecule has 0 radical (unpaired) electrons. The highest BCUT2D eigenvalue weighted by Crippen LogP contribution is 2.63. The Labute approximate surface area is 206 Å². The van der Waals surface area contributed by atoms with E-state index in [0.29, 0.717) is 23.4 Å². The van der Waals surface area contributed by atoms with Crippen LogP contribution in [0.25, 0.3) is 0 Å². The summed E-state index contributed by atoms with van der Waals surface area (Å²) in [4.78, 5) is 0. The summed E-state index contributed by atoms with van der Waals surface area (Å²) in [6.45, 7) is 23.4. The second-order valence-corrected chi connectivity index (χ2v) is 27.5. The molecule has 0 heterocycles. The molecule has 186 valence electrons. The van der Waals surface area contributed by atoms with Gasteiger partial charge in [-0.15, -0.1) is 0 Å². The van der Waals surface area contributed by atoms with E-state index in [1.165, 1.54) is 31.2 Å². The van der Waals surface area contributed by atoms with Gasteiger partial charge in [-0.25, -0.2) is 0 Å². The quantitative estimate of drug-likeness (QED) is 0.364. The van der Waals surface area contributed by atoms with Crippen molar-refractivity contribution in [1.82, 2.24) is 0 Å². The summed E-state index contributed by atoms with van der Waals surface area (Å²) in [5.74, 6) is 3.15. The van der Waals surface area contributed by atoms with E-state index in [9.17, 15) is 0 Å². The molecule has 0 bridgehead atoms. The summed E-state index contributed by atoms with van der Waals surface area (Å²) >= 11 is 0. The van der Waals surface area contributed by atoms with E-state index in [4.69, 9.17) is 13.3 Å². The molecular formula is C27H48O3Si3. The predicted molar refractivity (Wildman–Crippen MR) is 147 cm³/mol. The largest absolute Gasteiger partial charge is 0.544 e. The molecule has 0 N–H and O–H groups in total. The van der Waals surface area contributed by atoms with Crippen LogP contribution in [0.15, 0.2) is 18.2 Å². The summed E-state index contributed by atoms with van der Waals surface area (Å²) in [7, 11) is -4.88. The predicted octanol–water partition coefficient (Wildman–Crippen LogP) is 8.33. The number of fused-ring (bicyclic) bond motifs is 5. The van der Waals surface area contributed by atoms with Crippen LogP contribution in [0.1, 0.15) is 62.2 Å². The third kappa shape index (κ3) is 5.55. The van der Waals surface area contributed by atoms with Gasteiger partial charge in [0.1, 0.15) is 5.75 Å². The van der Waals surface area contributed by atoms with Gasteiger partial charge >= 0.3 is 0 Å². The molecule has 2 unspecified atom stereocenters. The lowest BCUT2D eigenvalue weighted by Gasteiger charge is -2.53. The van der Waals surface area contributed by atoms with Gasteiger partial charge in [-0.2, -0.15) is 0 Å². The lowest BCUT2D eigenvalue weighted by atomic mass is 9.55. The fourth-order valence-electron chi connectivity index (χ4n) is 7.07. The first-order valence-electron chi connectivity index (χ1n) is 13.2. The molecule has 3 aliphatic carbocycles. The number of hydrogen-bond acceptors (Lipinski definition) is 3. The van der Waals surface area contributed by atoms with E-state index in [-0.39, 0.29) is 6.10 Å². The molecular weight excluding hydrogens is 457 g/mol. The average molecular weight is 505 g/mol. The Morgan fingerprint density at radius 2 is 1.45 bits per heavy atom. The zero-order valence-electron chi connectivity index (χ0n) is 22.9. The first-order chi connectivity index (χ1) is 15.1. The highest BCUT2D eigenvalue weighted by molar-refractivity contribution is 6.70. The minimum absolute atomic E-state index is 0.206. The van der Waals surface area contributed by atoms with Gasteiger partial charge in [0.25, 0.3) is 0 Å². The van der Waals surface area contributed by atoms with E-state index in [1.807, 2.05) is 0 Å². The summed E-state index contributed by atoms with van der Waals surface area (Å²) in [5, 5.41) is 0. The van der Waals surface area contributed by atoms with E-state index in [2.05, 4.69) is 84.0 Å². The molecule has 6 atom stereocenters. The monoisotopic (exact) mass is 504 g/mol. The second-order valence-electron chi connectivity index (χ2n) is 14.2. The zero-order chi connectivity index (χ0) is 24.4. The Balaban J connectivity index is 1.68. The molecule has 2 saturated carbocycles. The first-order valence-corrected chi connectivity index (χ1v) is 23.5. The Hall–Kier alpha value is -0.409. The van der Waals surface area contributed by atoms with Gasteiger partial charge in [-0.05, 0) is 137 Å². The summed E-state index contributed by atoms with van der Waals surface area (Å²) in [5.41, 5.74) is 3.30. The average Bonchev–Trinajstić information content (AvgIpc) is 2.94. The Morgan fingerprint density at radius 1 is 0.788 bits per heavy atom. The zero-order valence-corrected chi connectivity index (χ0v) is 25.9. The summed E-state index contributed by atoms with van der Waals surface area (Å²) < 4.78 is 20.1. The topological polar surface area (TPSA) is 27.7 Å². The summed E-state index contributed by atoms with van der Waals surface area (Å²) in [6.07, 6.45) is 6.95. The van der Waals surface area contributed by atoms with E-state index >= 15 is 0 Å². The van der Waals surface area contributed by atoms with Gasteiger partial charge in [0, 0.05) is 0 Å². The third-order valence-corrected chi connectivity index (χ3v) is 10.9. The standard InChI is InChI=1S/C27H48O3Si3/c1-27-16-15-21-20-12-11-19(28-31(2,3)4)17-23(20)25(29-32(5,6)7)18-22(21)24(27)13-14-26(27)30-33(8,9)10/h11-12,17,21-22,24-26H,13-16,18H2,1-10H3/t21-,22-,24+,25?,26?,27+/m1/s1. The maximum atomic E-state index is 6.90. The van der Waals surface area contributed by atoms with Crippen molar-refractivity contribution in [2.24, 2.45) is 17.3 Å². The van der Waals surface area contributed by atoms with Crippen molar-refractivity contribution in [2.45, 2.75) is 116 Å². The molecule has 33 heavy (non-hydrogen) atoms. The molecule has 1 aromatic carbocycles. The molecule has 0 aliphatic heterocycles. The molecule has 0 aromatic heterocycles. The van der Waals surface area contributed by atoms with Crippen LogP contribution in [0.5, 0.6) is 5.75 Å². The van der Waals surface area contributed by atoms with Crippen molar-refractivity contribution < 1.29 is 13.3 Å². The number of hydrogen-bond donors (Lipinski definition) is 0. The number of rotatable bonds is 6. The van der Waals surface area contributed by atoms with Crippen molar-refractivity contribution in [1.29, 1.82) is 0 Å². The highest BCUT2D eigenvalue weighted by Gasteiger charge is 2.57. The minimum atomic E-state index is -1.68. The fourth-order valence-corrected chi connectivity index (χ4v) is 10.2. The van der Waals surface area contributed by atoms with Crippen molar-refractivity contribution in [2.75, 3.05) is 0 Å². The maximum absolute atomic E-state index is 6.90. The first kappa shape index (κ1) is 25.7.